The second-order valence-electron chi connectivity index (χ2n) is 6.14. The molecule has 2 saturated carbocycles. The monoisotopic (exact) mass is 276 g/mol. The summed E-state index contributed by atoms with van der Waals surface area (Å²) in [5.41, 5.74) is 6.90. The number of hydrogen-bond donors (Lipinski definition) is 2. The summed E-state index contributed by atoms with van der Waals surface area (Å²) in [4.78, 5) is 12.2. The zero-order valence-electron chi connectivity index (χ0n) is 11.5. The fraction of sp³-hybridized carbons (Fsp3) is 0.562. The number of carbonyl (C=O) groups is 1. The summed E-state index contributed by atoms with van der Waals surface area (Å²) >= 11 is 0. The van der Waals surface area contributed by atoms with Gasteiger partial charge in [0.25, 0.3) is 0 Å². The number of benzene rings is 1. The van der Waals surface area contributed by atoms with Crippen LogP contribution in [0, 0.1) is 11.7 Å². The Hall–Kier alpha value is -1.42. The number of hydrogen-bond acceptors (Lipinski definition) is 2. The van der Waals surface area contributed by atoms with Crippen molar-refractivity contribution >= 4 is 5.91 Å². The second kappa shape index (κ2) is 5.52. The normalized spacial score (nSPS) is 32.7. The molecule has 3 nitrogen and oxygen atoms in total. The van der Waals surface area contributed by atoms with Gasteiger partial charge < -0.3 is 11.1 Å². The fourth-order valence-electron chi connectivity index (χ4n) is 3.23. The van der Waals surface area contributed by atoms with Crippen LogP contribution in [-0.4, -0.2) is 18.0 Å². The summed E-state index contributed by atoms with van der Waals surface area (Å²) in [5, 5.41) is 3.10. The van der Waals surface area contributed by atoms with Crippen LogP contribution in [0.15, 0.2) is 24.3 Å². The van der Waals surface area contributed by atoms with Crippen LogP contribution >= 0.6 is 0 Å². The van der Waals surface area contributed by atoms with Crippen LogP contribution in [0.1, 0.15) is 43.6 Å². The lowest BCUT2D eigenvalue weighted by Gasteiger charge is -2.25. The van der Waals surface area contributed by atoms with Crippen LogP contribution in [0.4, 0.5) is 4.39 Å². The molecule has 0 spiro atoms. The molecule has 20 heavy (non-hydrogen) atoms. The molecule has 108 valence electrons. The molecule has 3 N–H and O–H groups in total. The van der Waals surface area contributed by atoms with E-state index in [4.69, 9.17) is 5.73 Å². The van der Waals surface area contributed by atoms with E-state index in [1.807, 2.05) is 6.07 Å². The minimum Gasteiger partial charge on any atom is -0.352 e. The Kier molecular flexibility index (Phi) is 3.74. The molecule has 0 heterocycles. The third-order valence-corrected chi connectivity index (χ3v) is 4.48. The highest BCUT2D eigenvalue weighted by atomic mass is 19.1. The van der Waals surface area contributed by atoms with E-state index in [9.17, 15) is 9.18 Å². The van der Waals surface area contributed by atoms with E-state index in [1.165, 1.54) is 6.07 Å². The number of carbonyl (C=O) groups excluding carboxylic acids is 1. The van der Waals surface area contributed by atoms with Crippen molar-refractivity contribution in [3.63, 3.8) is 0 Å². The van der Waals surface area contributed by atoms with Gasteiger partial charge in [0.15, 0.2) is 0 Å². The summed E-state index contributed by atoms with van der Waals surface area (Å²) in [6.45, 7) is 0. The van der Waals surface area contributed by atoms with Gasteiger partial charge in [0.05, 0.1) is 0 Å². The molecule has 0 saturated heterocycles. The number of nitrogens with two attached hydrogens (primary N) is 1. The summed E-state index contributed by atoms with van der Waals surface area (Å²) in [5.74, 6) is 0.251. The molecule has 2 aliphatic carbocycles. The van der Waals surface area contributed by atoms with Crippen LogP contribution < -0.4 is 11.1 Å². The number of nitrogens with one attached hydrogen (secondary N) is 1. The lowest BCUT2D eigenvalue weighted by molar-refractivity contribution is -0.126. The number of halogens is 1. The van der Waals surface area contributed by atoms with Crippen molar-refractivity contribution in [3.05, 3.63) is 35.6 Å². The topological polar surface area (TPSA) is 55.1 Å². The average molecular weight is 276 g/mol. The smallest absolute Gasteiger partial charge is 0.223 e. The summed E-state index contributed by atoms with van der Waals surface area (Å²) in [6.07, 6.45) is 4.71. The molecule has 2 aliphatic rings. The summed E-state index contributed by atoms with van der Waals surface area (Å²) in [6, 6.07) is 6.99. The maximum absolute atomic E-state index is 13.2. The van der Waals surface area contributed by atoms with Gasteiger partial charge in [0.1, 0.15) is 5.82 Å². The first kappa shape index (κ1) is 13.6. The quantitative estimate of drug-likeness (QED) is 0.890. The largest absolute Gasteiger partial charge is 0.352 e. The molecular formula is C16H21FN2O. The minimum absolute atomic E-state index is 0.0625. The van der Waals surface area contributed by atoms with Crippen molar-refractivity contribution in [1.29, 1.82) is 0 Å². The van der Waals surface area contributed by atoms with E-state index < -0.39 is 0 Å². The summed E-state index contributed by atoms with van der Waals surface area (Å²) in [7, 11) is 0. The number of amides is 1. The predicted molar refractivity (Wildman–Crippen MR) is 75.6 cm³/mol. The second-order valence-corrected chi connectivity index (χ2v) is 6.14. The molecule has 2 fully saturated rings. The van der Waals surface area contributed by atoms with Crippen LogP contribution in [0.25, 0.3) is 0 Å². The lowest BCUT2D eigenvalue weighted by atomic mass is 9.85. The van der Waals surface area contributed by atoms with Gasteiger partial charge in [-0.1, -0.05) is 18.6 Å². The van der Waals surface area contributed by atoms with Crippen molar-refractivity contribution in [3.8, 4) is 0 Å². The van der Waals surface area contributed by atoms with Gasteiger partial charge in [0, 0.05) is 23.9 Å². The van der Waals surface area contributed by atoms with E-state index in [1.54, 1.807) is 12.1 Å². The third kappa shape index (κ3) is 3.01. The summed E-state index contributed by atoms with van der Waals surface area (Å²) < 4.78 is 13.2. The van der Waals surface area contributed by atoms with E-state index >= 15 is 0 Å². The predicted octanol–water partition coefficient (Wildman–Crippen LogP) is 2.32. The van der Waals surface area contributed by atoms with E-state index in [-0.39, 0.29) is 35.6 Å². The molecule has 1 amide bonds. The molecule has 4 heteroatoms. The number of rotatable bonds is 3. The first-order valence-corrected chi connectivity index (χ1v) is 7.45. The molecule has 1 aromatic rings. The molecule has 4 unspecified atom stereocenters. The highest BCUT2D eigenvalue weighted by Crippen LogP contribution is 2.41. The molecule has 4 atom stereocenters. The Morgan fingerprint density at radius 2 is 2.15 bits per heavy atom. The van der Waals surface area contributed by atoms with Crippen LogP contribution in [0.2, 0.25) is 0 Å². The SMILES string of the molecule is NC1CCCC(C(=O)NC2CC2c2cccc(F)c2)C1. The van der Waals surface area contributed by atoms with Crippen LogP contribution in [0.3, 0.4) is 0 Å². The maximum Gasteiger partial charge on any atom is 0.223 e. The Morgan fingerprint density at radius 3 is 2.90 bits per heavy atom. The Balaban J connectivity index is 1.54. The molecular weight excluding hydrogens is 255 g/mol. The zero-order chi connectivity index (χ0) is 14.1. The lowest BCUT2D eigenvalue weighted by Crippen LogP contribution is -2.38. The molecule has 0 aliphatic heterocycles. The molecule has 0 aromatic heterocycles. The minimum atomic E-state index is -0.210. The van der Waals surface area contributed by atoms with Crippen molar-refractivity contribution in [2.45, 2.75) is 50.1 Å². The Bertz CT molecular complexity index is 505. The Morgan fingerprint density at radius 1 is 1.30 bits per heavy atom. The van der Waals surface area contributed by atoms with E-state index in [0.717, 1.165) is 37.7 Å². The van der Waals surface area contributed by atoms with Gasteiger partial charge in [-0.15, -0.1) is 0 Å². The Labute approximate surface area is 118 Å². The first-order chi connectivity index (χ1) is 9.63. The average Bonchev–Trinajstić information content (AvgIpc) is 3.18. The van der Waals surface area contributed by atoms with Gasteiger partial charge in [-0.05, 0) is 43.4 Å². The maximum atomic E-state index is 13.2. The van der Waals surface area contributed by atoms with Gasteiger partial charge in [-0.3, -0.25) is 4.79 Å². The van der Waals surface area contributed by atoms with Crippen LogP contribution in [-0.2, 0) is 4.79 Å². The zero-order valence-corrected chi connectivity index (χ0v) is 11.5. The third-order valence-electron chi connectivity index (χ3n) is 4.48. The highest BCUT2D eigenvalue weighted by Gasteiger charge is 2.40. The van der Waals surface area contributed by atoms with E-state index in [2.05, 4.69) is 5.32 Å². The van der Waals surface area contributed by atoms with Gasteiger partial charge in [-0.25, -0.2) is 4.39 Å². The van der Waals surface area contributed by atoms with Crippen LogP contribution in [0.5, 0.6) is 0 Å². The molecule has 1 aromatic carbocycles. The standard InChI is InChI=1S/C16H21FN2O/c17-12-5-1-3-10(7-12)14-9-15(14)19-16(20)11-4-2-6-13(18)8-11/h1,3,5,7,11,13-15H,2,4,6,8-9,18H2,(H,19,20). The van der Waals surface area contributed by atoms with E-state index in [0.29, 0.717) is 0 Å². The van der Waals surface area contributed by atoms with Crippen molar-refractivity contribution in [1.82, 2.24) is 5.32 Å². The van der Waals surface area contributed by atoms with Crippen molar-refractivity contribution < 1.29 is 9.18 Å². The first-order valence-electron chi connectivity index (χ1n) is 7.45. The van der Waals surface area contributed by atoms with Crippen molar-refractivity contribution in [2.75, 3.05) is 0 Å². The van der Waals surface area contributed by atoms with Crippen molar-refractivity contribution in [2.24, 2.45) is 11.7 Å². The highest BCUT2D eigenvalue weighted by molar-refractivity contribution is 5.79. The molecule has 3 rings (SSSR count). The fourth-order valence-corrected chi connectivity index (χ4v) is 3.23. The molecule has 0 bridgehead atoms. The van der Waals surface area contributed by atoms with Gasteiger partial charge >= 0.3 is 0 Å². The molecule has 0 radical (unpaired) electrons. The van der Waals surface area contributed by atoms with Gasteiger partial charge in [0.2, 0.25) is 5.91 Å². The van der Waals surface area contributed by atoms with Gasteiger partial charge in [-0.2, -0.15) is 0 Å².